The predicted molar refractivity (Wildman–Crippen MR) is 79.5 cm³/mol. The van der Waals surface area contributed by atoms with Crippen LogP contribution in [-0.2, 0) is 20.9 Å². The van der Waals surface area contributed by atoms with E-state index in [1.54, 1.807) is 26.0 Å². The Morgan fingerprint density at radius 1 is 1.19 bits per heavy atom. The summed E-state index contributed by atoms with van der Waals surface area (Å²) in [5.41, 5.74) is 0.926. The SMILES string of the molecule is COC(=O)[C@@H](C)/C=C/[C@H](C)NC(=O)OCc1ccccc1. The van der Waals surface area contributed by atoms with E-state index in [1.165, 1.54) is 7.11 Å². The Labute approximate surface area is 124 Å². The lowest BCUT2D eigenvalue weighted by molar-refractivity contribution is -0.143. The zero-order valence-corrected chi connectivity index (χ0v) is 12.5. The third kappa shape index (κ3) is 6.61. The van der Waals surface area contributed by atoms with Crippen LogP contribution in [0.5, 0.6) is 0 Å². The number of alkyl carbamates (subject to hydrolysis) is 1. The summed E-state index contributed by atoms with van der Waals surface area (Å²) in [6.07, 6.45) is 2.92. The van der Waals surface area contributed by atoms with Gasteiger partial charge in [0.15, 0.2) is 0 Å². The van der Waals surface area contributed by atoms with E-state index in [2.05, 4.69) is 10.1 Å². The Balaban J connectivity index is 2.33. The Hall–Kier alpha value is -2.30. The van der Waals surface area contributed by atoms with E-state index in [1.807, 2.05) is 30.3 Å². The van der Waals surface area contributed by atoms with Crippen molar-refractivity contribution in [1.29, 1.82) is 0 Å². The molecule has 0 aliphatic rings. The number of amides is 1. The van der Waals surface area contributed by atoms with Crippen molar-refractivity contribution in [2.24, 2.45) is 5.92 Å². The van der Waals surface area contributed by atoms with Crippen molar-refractivity contribution >= 4 is 12.1 Å². The van der Waals surface area contributed by atoms with Crippen molar-refractivity contribution in [1.82, 2.24) is 5.32 Å². The maximum absolute atomic E-state index is 11.6. The number of methoxy groups -OCH3 is 1. The zero-order chi connectivity index (χ0) is 15.7. The number of benzene rings is 1. The molecule has 0 heterocycles. The van der Waals surface area contributed by atoms with Crippen LogP contribution >= 0.6 is 0 Å². The summed E-state index contributed by atoms with van der Waals surface area (Å²) >= 11 is 0. The second kappa shape index (κ2) is 8.79. The van der Waals surface area contributed by atoms with Crippen molar-refractivity contribution in [3.05, 3.63) is 48.0 Å². The lowest BCUT2D eigenvalue weighted by atomic mass is 10.1. The van der Waals surface area contributed by atoms with Crippen molar-refractivity contribution < 1.29 is 19.1 Å². The number of carbonyl (C=O) groups excluding carboxylic acids is 2. The van der Waals surface area contributed by atoms with Crippen LogP contribution in [0.1, 0.15) is 19.4 Å². The highest BCUT2D eigenvalue weighted by atomic mass is 16.5. The molecule has 0 bridgehead atoms. The largest absolute Gasteiger partial charge is 0.469 e. The third-order valence-electron chi connectivity index (χ3n) is 2.82. The maximum atomic E-state index is 11.6. The number of esters is 1. The smallest absolute Gasteiger partial charge is 0.407 e. The molecule has 0 saturated carbocycles. The van der Waals surface area contributed by atoms with Crippen molar-refractivity contribution in [3.63, 3.8) is 0 Å². The van der Waals surface area contributed by atoms with Gasteiger partial charge in [-0.15, -0.1) is 0 Å². The van der Waals surface area contributed by atoms with Gasteiger partial charge < -0.3 is 14.8 Å². The molecule has 1 aromatic rings. The van der Waals surface area contributed by atoms with E-state index in [0.29, 0.717) is 0 Å². The molecule has 0 aliphatic carbocycles. The summed E-state index contributed by atoms with van der Waals surface area (Å²) in [5.74, 6) is -0.662. The number of ether oxygens (including phenoxy) is 2. The van der Waals surface area contributed by atoms with Gasteiger partial charge in [-0.25, -0.2) is 4.79 Å². The van der Waals surface area contributed by atoms with Gasteiger partial charge in [0, 0.05) is 6.04 Å². The maximum Gasteiger partial charge on any atom is 0.407 e. The summed E-state index contributed by atoms with van der Waals surface area (Å²) in [4.78, 5) is 22.8. The summed E-state index contributed by atoms with van der Waals surface area (Å²) < 4.78 is 9.71. The first-order chi connectivity index (χ1) is 10.0. The number of hydrogen-bond acceptors (Lipinski definition) is 4. The van der Waals surface area contributed by atoms with Crippen molar-refractivity contribution in [2.45, 2.75) is 26.5 Å². The van der Waals surface area contributed by atoms with Crippen LogP contribution in [0.4, 0.5) is 4.79 Å². The first-order valence-corrected chi connectivity index (χ1v) is 6.76. The Kier molecular flexibility index (Phi) is 7.01. The molecule has 5 heteroatoms. The average Bonchev–Trinajstić information content (AvgIpc) is 2.50. The Morgan fingerprint density at radius 3 is 2.48 bits per heavy atom. The lowest BCUT2D eigenvalue weighted by Gasteiger charge is -2.11. The third-order valence-corrected chi connectivity index (χ3v) is 2.82. The van der Waals surface area contributed by atoms with E-state index in [9.17, 15) is 9.59 Å². The van der Waals surface area contributed by atoms with Crippen LogP contribution in [-0.4, -0.2) is 25.2 Å². The van der Waals surface area contributed by atoms with Crippen LogP contribution in [0.15, 0.2) is 42.5 Å². The molecule has 0 radical (unpaired) electrons. The molecule has 2 atom stereocenters. The molecule has 1 rings (SSSR count). The summed E-state index contributed by atoms with van der Waals surface area (Å²) in [5, 5.41) is 2.66. The molecule has 0 fully saturated rings. The zero-order valence-electron chi connectivity index (χ0n) is 12.5. The first-order valence-electron chi connectivity index (χ1n) is 6.76. The quantitative estimate of drug-likeness (QED) is 0.646. The summed E-state index contributed by atoms with van der Waals surface area (Å²) in [6.45, 7) is 3.74. The molecule has 21 heavy (non-hydrogen) atoms. The molecular formula is C16H21NO4. The van der Waals surface area contributed by atoms with E-state index >= 15 is 0 Å². The fourth-order valence-electron chi connectivity index (χ4n) is 1.60. The lowest BCUT2D eigenvalue weighted by Crippen LogP contribution is -2.31. The van der Waals surface area contributed by atoms with Crippen LogP contribution < -0.4 is 5.32 Å². The minimum absolute atomic E-state index is 0.224. The van der Waals surface area contributed by atoms with Gasteiger partial charge in [0.1, 0.15) is 6.61 Å². The van der Waals surface area contributed by atoms with Gasteiger partial charge in [0.25, 0.3) is 0 Å². The molecule has 114 valence electrons. The number of rotatable bonds is 6. The molecule has 0 unspecified atom stereocenters. The number of carbonyl (C=O) groups is 2. The monoisotopic (exact) mass is 291 g/mol. The highest BCUT2D eigenvalue weighted by molar-refractivity contribution is 5.73. The Morgan fingerprint density at radius 2 is 1.86 bits per heavy atom. The second-order valence-electron chi connectivity index (χ2n) is 4.69. The van der Waals surface area contributed by atoms with Gasteiger partial charge in [-0.3, -0.25) is 4.79 Å². The highest BCUT2D eigenvalue weighted by Crippen LogP contribution is 2.02. The average molecular weight is 291 g/mol. The van der Waals surface area contributed by atoms with Gasteiger partial charge in [0.2, 0.25) is 0 Å². The minimum Gasteiger partial charge on any atom is -0.469 e. The van der Waals surface area contributed by atoms with Crippen LogP contribution in [0.3, 0.4) is 0 Å². The van der Waals surface area contributed by atoms with Gasteiger partial charge in [-0.05, 0) is 19.4 Å². The van der Waals surface area contributed by atoms with E-state index in [-0.39, 0.29) is 24.5 Å². The number of hydrogen-bond donors (Lipinski definition) is 1. The van der Waals surface area contributed by atoms with Crippen LogP contribution in [0.2, 0.25) is 0 Å². The first kappa shape index (κ1) is 16.8. The fourth-order valence-corrected chi connectivity index (χ4v) is 1.60. The minimum atomic E-state index is -0.498. The van der Waals surface area contributed by atoms with E-state index < -0.39 is 6.09 Å². The van der Waals surface area contributed by atoms with E-state index in [0.717, 1.165) is 5.56 Å². The normalized spacial score (nSPS) is 13.5. The van der Waals surface area contributed by atoms with Gasteiger partial charge in [-0.1, -0.05) is 42.5 Å². The molecule has 1 aromatic carbocycles. The molecule has 5 nitrogen and oxygen atoms in total. The molecule has 0 saturated heterocycles. The van der Waals surface area contributed by atoms with Gasteiger partial charge >= 0.3 is 12.1 Å². The van der Waals surface area contributed by atoms with Crippen molar-refractivity contribution in [2.75, 3.05) is 7.11 Å². The molecule has 1 N–H and O–H groups in total. The van der Waals surface area contributed by atoms with Crippen molar-refractivity contribution in [3.8, 4) is 0 Å². The molecular weight excluding hydrogens is 270 g/mol. The molecule has 0 spiro atoms. The Bertz CT molecular complexity index is 484. The second-order valence-corrected chi connectivity index (χ2v) is 4.69. The predicted octanol–water partition coefficient (Wildman–Crippen LogP) is 2.67. The molecule has 1 amide bonds. The number of nitrogens with one attached hydrogen (secondary N) is 1. The van der Waals surface area contributed by atoms with E-state index in [4.69, 9.17) is 4.74 Å². The fraction of sp³-hybridized carbons (Fsp3) is 0.375. The van der Waals surface area contributed by atoms with Crippen LogP contribution in [0.25, 0.3) is 0 Å². The van der Waals surface area contributed by atoms with Crippen LogP contribution in [0, 0.1) is 5.92 Å². The summed E-state index contributed by atoms with van der Waals surface area (Å²) in [7, 11) is 1.34. The van der Waals surface area contributed by atoms with Gasteiger partial charge in [0.05, 0.1) is 13.0 Å². The summed E-state index contributed by atoms with van der Waals surface area (Å²) in [6, 6.07) is 9.20. The molecule has 0 aromatic heterocycles. The van der Waals surface area contributed by atoms with Gasteiger partial charge in [-0.2, -0.15) is 0 Å². The molecule has 0 aliphatic heterocycles. The highest BCUT2D eigenvalue weighted by Gasteiger charge is 2.10. The topological polar surface area (TPSA) is 64.6 Å². The standard InChI is InChI=1S/C16H21NO4/c1-12(15(18)20-3)9-10-13(2)17-16(19)21-11-14-7-5-4-6-8-14/h4-10,12-13H,11H2,1-3H3,(H,17,19)/b10-9+/t12-,13-/m0/s1.